The van der Waals surface area contributed by atoms with Crippen LogP contribution in [0.4, 0.5) is 0 Å². The van der Waals surface area contributed by atoms with Crippen LogP contribution in [0.25, 0.3) is 0 Å². The smallest absolute Gasteiger partial charge is 0.0446 e. The molecule has 2 aliphatic rings. The van der Waals surface area contributed by atoms with Gasteiger partial charge in [0.25, 0.3) is 0 Å². The van der Waals surface area contributed by atoms with E-state index in [-0.39, 0.29) is 6.61 Å². The topological polar surface area (TPSA) is 30.0 Å². The van der Waals surface area contributed by atoms with Gasteiger partial charge in [-0.3, -0.25) is 14.7 Å². The van der Waals surface area contributed by atoms with E-state index in [1.807, 2.05) is 11.3 Å². The van der Waals surface area contributed by atoms with Gasteiger partial charge in [0.15, 0.2) is 0 Å². The molecule has 0 amide bonds. The Morgan fingerprint density at radius 2 is 1.60 bits per heavy atom. The quantitative estimate of drug-likeness (QED) is 0.687. The summed E-state index contributed by atoms with van der Waals surface area (Å²) in [6.07, 6.45) is 4.97. The number of benzene rings is 1. The summed E-state index contributed by atoms with van der Waals surface area (Å²) in [5.74, 6) is 0. The zero-order valence-electron chi connectivity index (χ0n) is 18.4. The molecule has 1 aromatic carbocycles. The molecular formula is C25H37N3OS. The van der Waals surface area contributed by atoms with E-state index in [1.165, 1.54) is 53.2 Å². The SMILES string of the molecule is Cc1ccccc1CN1CCN(Cc2ccc(CN3CCCCC3)s2)C[C@@H]1CCO. The Bertz CT molecular complexity index is 786. The van der Waals surface area contributed by atoms with Gasteiger partial charge in [0.05, 0.1) is 0 Å². The first-order valence-electron chi connectivity index (χ1n) is 11.6. The molecule has 0 aliphatic carbocycles. The standard InChI is InChI=1S/C25H37N3OS/c1-21-7-3-4-8-22(21)17-28-15-14-27(18-23(28)11-16-29)20-25-10-9-24(30-25)19-26-12-5-2-6-13-26/h3-4,7-10,23,29H,2,5-6,11-20H2,1H3/t23-/m0/s1. The van der Waals surface area contributed by atoms with Crippen LogP contribution in [0.1, 0.15) is 46.6 Å². The number of likely N-dealkylation sites (tertiary alicyclic amines) is 1. The van der Waals surface area contributed by atoms with Gasteiger partial charge in [-0.2, -0.15) is 0 Å². The van der Waals surface area contributed by atoms with Crippen LogP contribution < -0.4 is 0 Å². The minimum absolute atomic E-state index is 0.266. The van der Waals surface area contributed by atoms with Gasteiger partial charge in [-0.15, -0.1) is 11.3 Å². The highest BCUT2D eigenvalue weighted by atomic mass is 32.1. The van der Waals surface area contributed by atoms with Gasteiger partial charge in [0, 0.05) is 61.7 Å². The first-order valence-corrected chi connectivity index (χ1v) is 12.4. The Hall–Kier alpha value is -1.24. The second-order valence-electron chi connectivity index (χ2n) is 9.00. The van der Waals surface area contributed by atoms with Crippen LogP contribution in [0.15, 0.2) is 36.4 Å². The third-order valence-corrected chi connectivity index (χ3v) is 7.77. The zero-order valence-corrected chi connectivity index (χ0v) is 19.2. The van der Waals surface area contributed by atoms with Crippen LogP contribution in [-0.4, -0.2) is 65.2 Å². The van der Waals surface area contributed by atoms with Crippen LogP contribution in [0.5, 0.6) is 0 Å². The van der Waals surface area contributed by atoms with E-state index in [1.54, 1.807) is 0 Å². The molecule has 2 aromatic rings. The summed E-state index contributed by atoms with van der Waals surface area (Å²) in [6, 6.07) is 13.8. The fourth-order valence-electron chi connectivity index (χ4n) is 4.89. The third-order valence-electron chi connectivity index (χ3n) is 6.71. The maximum atomic E-state index is 9.64. The molecule has 164 valence electrons. The molecule has 4 rings (SSSR count). The van der Waals surface area contributed by atoms with Crippen molar-refractivity contribution in [3.05, 3.63) is 57.3 Å². The minimum Gasteiger partial charge on any atom is -0.396 e. The van der Waals surface area contributed by atoms with Crippen molar-refractivity contribution in [2.24, 2.45) is 0 Å². The number of piperidine rings is 1. The summed E-state index contributed by atoms with van der Waals surface area (Å²) in [6.45, 7) is 11.4. The van der Waals surface area contributed by atoms with Crippen LogP contribution in [0, 0.1) is 6.92 Å². The van der Waals surface area contributed by atoms with Crippen molar-refractivity contribution in [1.82, 2.24) is 14.7 Å². The van der Waals surface area contributed by atoms with Crippen molar-refractivity contribution in [3.8, 4) is 0 Å². The number of thiophene rings is 1. The molecule has 2 fully saturated rings. The van der Waals surface area contributed by atoms with E-state index in [4.69, 9.17) is 0 Å². The molecule has 4 nitrogen and oxygen atoms in total. The number of aliphatic hydroxyl groups is 1. The number of hydrogen-bond donors (Lipinski definition) is 1. The molecule has 0 saturated carbocycles. The highest BCUT2D eigenvalue weighted by Gasteiger charge is 2.27. The largest absolute Gasteiger partial charge is 0.396 e. The molecule has 0 bridgehead atoms. The molecule has 5 heteroatoms. The van der Waals surface area contributed by atoms with Gasteiger partial charge in [0.2, 0.25) is 0 Å². The maximum absolute atomic E-state index is 9.64. The Morgan fingerprint density at radius 3 is 2.33 bits per heavy atom. The molecule has 1 atom stereocenters. The Kier molecular flexibility index (Phi) is 7.96. The predicted octanol–water partition coefficient (Wildman–Crippen LogP) is 4.11. The number of piperazine rings is 1. The molecule has 1 aromatic heterocycles. The van der Waals surface area contributed by atoms with E-state index in [0.29, 0.717) is 6.04 Å². The first-order chi connectivity index (χ1) is 14.7. The average molecular weight is 428 g/mol. The Balaban J connectivity index is 1.32. The summed E-state index contributed by atoms with van der Waals surface area (Å²) >= 11 is 1.99. The van der Waals surface area contributed by atoms with Crippen molar-refractivity contribution in [2.75, 3.05) is 39.3 Å². The summed E-state index contributed by atoms with van der Waals surface area (Å²) in [5, 5.41) is 9.64. The van der Waals surface area contributed by atoms with E-state index in [2.05, 4.69) is 58.0 Å². The number of hydrogen-bond acceptors (Lipinski definition) is 5. The average Bonchev–Trinajstić information content (AvgIpc) is 3.19. The highest BCUT2D eigenvalue weighted by Crippen LogP contribution is 2.24. The van der Waals surface area contributed by atoms with Gasteiger partial charge < -0.3 is 5.11 Å². The summed E-state index contributed by atoms with van der Waals surface area (Å²) in [7, 11) is 0. The molecule has 0 radical (unpaired) electrons. The van der Waals surface area contributed by atoms with Crippen molar-refractivity contribution in [1.29, 1.82) is 0 Å². The normalized spacial score (nSPS) is 21.9. The molecule has 30 heavy (non-hydrogen) atoms. The molecule has 1 N–H and O–H groups in total. The lowest BCUT2D eigenvalue weighted by atomic mass is 10.0. The minimum atomic E-state index is 0.266. The van der Waals surface area contributed by atoms with Gasteiger partial charge in [0.1, 0.15) is 0 Å². The van der Waals surface area contributed by atoms with E-state index >= 15 is 0 Å². The van der Waals surface area contributed by atoms with Gasteiger partial charge >= 0.3 is 0 Å². The summed E-state index contributed by atoms with van der Waals surface area (Å²) < 4.78 is 0. The lowest BCUT2D eigenvalue weighted by Crippen LogP contribution is -2.52. The zero-order chi connectivity index (χ0) is 20.8. The Labute approximate surface area is 186 Å². The van der Waals surface area contributed by atoms with Gasteiger partial charge in [-0.1, -0.05) is 30.7 Å². The van der Waals surface area contributed by atoms with Crippen molar-refractivity contribution < 1.29 is 5.11 Å². The van der Waals surface area contributed by atoms with Crippen molar-refractivity contribution in [3.63, 3.8) is 0 Å². The van der Waals surface area contributed by atoms with Crippen LogP contribution in [-0.2, 0) is 19.6 Å². The lowest BCUT2D eigenvalue weighted by molar-refractivity contribution is 0.0503. The second kappa shape index (κ2) is 10.9. The maximum Gasteiger partial charge on any atom is 0.0446 e. The molecule has 0 unspecified atom stereocenters. The van der Waals surface area contributed by atoms with E-state index in [9.17, 15) is 5.11 Å². The summed E-state index contributed by atoms with van der Waals surface area (Å²) in [5.41, 5.74) is 2.77. The number of nitrogens with zero attached hydrogens (tertiary/aromatic N) is 3. The van der Waals surface area contributed by atoms with Crippen LogP contribution in [0.2, 0.25) is 0 Å². The van der Waals surface area contributed by atoms with Crippen molar-refractivity contribution in [2.45, 2.75) is 58.3 Å². The summed E-state index contributed by atoms with van der Waals surface area (Å²) in [4.78, 5) is 10.8. The molecule has 2 saturated heterocycles. The fraction of sp³-hybridized carbons (Fsp3) is 0.600. The molecule has 3 heterocycles. The lowest BCUT2D eigenvalue weighted by Gasteiger charge is -2.41. The first kappa shape index (κ1) is 22.0. The van der Waals surface area contributed by atoms with Gasteiger partial charge in [-0.25, -0.2) is 0 Å². The van der Waals surface area contributed by atoms with Crippen LogP contribution in [0.3, 0.4) is 0 Å². The fourth-order valence-corrected chi connectivity index (χ4v) is 5.99. The van der Waals surface area contributed by atoms with E-state index < -0.39 is 0 Å². The highest BCUT2D eigenvalue weighted by molar-refractivity contribution is 7.11. The van der Waals surface area contributed by atoms with Gasteiger partial charge in [-0.05, 0) is 62.5 Å². The Morgan fingerprint density at radius 1 is 0.867 bits per heavy atom. The number of aliphatic hydroxyl groups excluding tert-OH is 1. The number of rotatable bonds is 8. The monoisotopic (exact) mass is 427 g/mol. The van der Waals surface area contributed by atoms with Crippen LogP contribution >= 0.6 is 11.3 Å². The molecular weight excluding hydrogens is 390 g/mol. The second-order valence-corrected chi connectivity index (χ2v) is 10.3. The molecule has 2 aliphatic heterocycles. The third kappa shape index (κ3) is 5.92. The van der Waals surface area contributed by atoms with E-state index in [0.717, 1.165) is 45.7 Å². The molecule has 0 spiro atoms. The predicted molar refractivity (Wildman–Crippen MR) is 126 cm³/mol. The number of aryl methyl sites for hydroxylation is 1. The van der Waals surface area contributed by atoms with Crippen molar-refractivity contribution >= 4 is 11.3 Å².